The maximum Gasteiger partial charge on any atom is 0.289 e. The first-order valence-electron chi connectivity index (χ1n) is 8.09. The van der Waals surface area contributed by atoms with E-state index in [-0.39, 0.29) is 40.4 Å². The van der Waals surface area contributed by atoms with Crippen molar-refractivity contribution in [3.05, 3.63) is 28.3 Å². The maximum atomic E-state index is 12.6. The van der Waals surface area contributed by atoms with Crippen LogP contribution in [-0.4, -0.2) is 43.7 Å². The number of nitrogens with zero attached hydrogens (tertiary/aromatic N) is 1. The van der Waals surface area contributed by atoms with Crippen molar-refractivity contribution in [2.45, 2.75) is 44.8 Å². The van der Waals surface area contributed by atoms with Crippen molar-refractivity contribution in [2.24, 2.45) is 5.41 Å². The van der Waals surface area contributed by atoms with Crippen LogP contribution in [-0.2, 0) is 4.74 Å². The van der Waals surface area contributed by atoms with Crippen LogP contribution in [0.2, 0.25) is 0 Å². The molecule has 2 saturated carbocycles. The zero-order valence-corrected chi connectivity index (χ0v) is 13.8. The van der Waals surface area contributed by atoms with Crippen molar-refractivity contribution in [1.82, 2.24) is 4.90 Å². The molecule has 0 saturated heterocycles. The lowest BCUT2D eigenvalue weighted by molar-refractivity contribution is -0.192. The Morgan fingerprint density at radius 2 is 2.22 bits per heavy atom. The van der Waals surface area contributed by atoms with Gasteiger partial charge in [0.2, 0.25) is 11.2 Å². The predicted octanol–water partition coefficient (Wildman–Crippen LogP) is 2.07. The van der Waals surface area contributed by atoms with Gasteiger partial charge in [-0.25, -0.2) is 0 Å². The van der Waals surface area contributed by atoms with Crippen LogP contribution < -0.4 is 10.2 Å². The number of carbonyl (C=O) groups is 1. The second-order valence-corrected chi connectivity index (χ2v) is 6.38. The maximum absolute atomic E-state index is 12.6. The van der Waals surface area contributed by atoms with E-state index in [1.54, 1.807) is 11.9 Å². The van der Waals surface area contributed by atoms with Gasteiger partial charge in [0.25, 0.3) is 5.91 Å². The van der Waals surface area contributed by atoms with Gasteiger partial charge in [-0.05, 0) is 26.2 Å². The molecule has 2 fully saturated rings. The molecule has 0 aromatic carbocycles. The molecule has 0 radical (unpaired) electrons. The monoisotopic (exact) mass is 321 g/mol. The third-order valence-corrected chi connectivity index (χ3v) is 5.41. The van der Waals surface area contributed by atoms with Crippen molar-refractivity contribution in [3.8, 4) is 5.75 Å². The molecule has 0 N–H and O–H groups in total. The summed E-state index contributed by atoms with van der Waals surface area (Å²) in [4.78, 5) is 26.2. The number of hydrogen-bond acceptors (Lipinski definition) is 5. The molecular formula is C17H23NO5. The number of methoxy groups -OCH3 is 1. The fourth-order valence-corrected chi connectivity index (χ4v) is 3.92. The smallest absolute Gasteiger partial charge is 0.289 e. The highest BCUT2D eigenvalue weighted by atomic mass is 16.5. The summed E-state index contributed by atoms with van der Waals surface area (Å²) < 4.78 is 16.0. The average Bonchev–Trinajstić information content (AvgIpc) is 2.48. The van der Waals surface area contributed by atoms with Gasteiger partial charge in [0, 0.05) is 31.2 Å². The molecule has 6 nitrogen and oxygen atoms in total. The molecule has 1 aromatic heterocycles. The normalized spacial score (nSPS) is 24.7. The molecule has 0 bridgehead atoms. The molecule has 23 heavy (non-hydrogen) atoms. The molecule has 3 rings (SSSR count). The van der Waals surface area contributed by atoms with E-state index in [2.05, 4.69) is 0 Å². The number of ether oxygens (including phenoxy) is 2. The summed E-state index contributed by atoms with van der Waals surface area (Å²) in [5.74, 6) is -0.122. The molecule has 2 aliphatic carbocycles. The summed E-state index contributed by atoms with van der Waals surface area (Å²) in [5, 5.41) is 0. The molecule has 126 valence electrons. The van der Waals surface area contributed by atoms with Crippen LogP contribution >= 0.6 is 0 Å². The quantitative estimate of drug-likeness (QED) is 0.830. The first-order valence-corrected chi connectivity index (χ1v) is 8.09. The number of carbonyl (C=O) groups excluding carboxylic acids is 1. The van der Waals surface area contributed by atoms with Gasteiger partial charge in [0.05, 0.1) is 13.2 Å². The van der Waals surface area contributed by atoms with Crippen LogP contribution in [0.25, 0.3) is 0 Å². The van der Waals surface area contributed by atoms with E-state index in [1.165, 1.54) is 25.9 Å². The fourth-order valence-electron chi connectivity index (χ4n) is 3.92. The Morgan fingerprint density at radius 3 is 2.74 bits per heavy atom. The first kappa shape index (κ1) is 16.1. The summed E-state index contributed by atoms with van der Waals surface area (Å²) in [7, 11) is 3.17. The van der Waals surface area contributed by atoms with Crippen LogP contribution in [0, 0.1) is 5.41 Å². The molecule has 6 heteroatoms. The molecule has 1 spiro atoms. The Labute approximate surface area is 135 Å². The molecule has 2 atom stereocenters. The second kappa shape index (κ2) is 6.00. The SMILES string of the molecule is CCO[C@@H]1C[C@@H](N(C)C(=O)c2cc(=O)c(OC)co2)C12CCC2. The van der Waals surface area contributed by atoms with E-state index in [9.17, 15) is 9.59 Å². The standard InChI is InChI=1S/C17H23NO5/c1-4-22-15-9-14(17(15)6-5-7-17)18(2)16(20)12-8-11(19)13(21-3)10-23-12/h8,10,14-15H,4-7,9H2,1-3H3/t14-,15-/m1/s1. The summed E-state index contributed by atoms with van der Waals surface area (Å²) in [5.41, 5.74) is -0.262. The highest BCUT2D eigenvalue weighted by Gasteiger charge is 2.61. The highest BCUT2D eigenvalue weighted by molar-refractivity contribution is 5.91. The fraction of sp³-hybridized carbons (Fsp3) is 0.647. The van der Waals surface area contributed by atoms with E-state index in [0.717, 1.165) is 19.3 Å². The summed E-state index contributed by atoms with van der Waals surface area (Å²) in [6.45, 7) is 2.70. The van der Waals surface area contributed by atoms with Gasteiger partial charge in [-0.2, -0.15) is 0 Å². The summed E-state index contributed by atoms with van der Waals surface area (Å²) >= 11 is 0. The molecule has 0 aliphatic heterocycles. The number of amides is 1. The number of hydrogen-bond donors (Lipinski definition) is 0. The van der Waals surface area contributed by atoms with Gasteiger partial charge < -0.3 is 18.8 Å². The van der Waals surface area contributed by atoms with Crippen LogP contribution in [0.1, 0.15) is 43.2 Å². The second-order valence-electron chi connectivity index (χ2n) is 6.38. The zero-order chi connectivity index (χ0) is 16.6. The van der Waals surface area contributed by atoms with Gasteiger partial charge in [0.1, 0.15) is 6.26 Å². The van der Waals surface area contributed by atoms with Gasteiger partial charge >= 0.3 is 0 Å². The molecule has 1 amide bonds. The zero-order valence-electron chi connectivity index (χ0n) is 13.8. The van der Waals surface area contributed by atoms with Crippen molar-refractivity contribution < 1.29 is 18.7 Å². The topological polar surface area (TPSA) is 69.0 Å². The van der Waals surface area contributed by atoms with Crippen molar-refractivity contribution in [1.29, 1.82) is 0 Å². The average molecular weight is 321 g/mol. The lowest BCUT2D eigenvalue weighted by Gasteiger charge is -2.63. The van der Waals surface area contributed by atoms with Crippen molar-refractivity contribution in [2.75, 3.05) is 20.8 Å². The van der Waals surface area contributed by atoms with E-state index in [1.807, 2.05) is 6.92 Å². The van der Waals surface area contributed by atoms with Crippen molar-refractivity contribution in [3.63, 3.8) is 0 Å². The van der Waals surface area contributed by atoms with E-state index in [4.69, 9.17) is 13.9 Å². The largest absolute Gasteiger partial charge is 0.490 e. The Hall–Kier alpha value is -1.82. The summed E-state index contributed by atoms with van der Waals surface area (Å²) in [6.07, 6.45) is 5.63. The molecule has 0 unspecified atom stereocenters. The first-order chi connectivity index (χ1) is 11.0. The Morgan fingerprint density at radius 1 is 1.48 bits per heavy atom. The summed E-state index contributed by atoms with van der Waals surface area (Å²) in [6, 6.07) is 1.34. The molecule has 2 aliphatic rings. The third kappa shape index (κ3) is 2.45. The van der Waals surface area contributed by atoms with Gasteiger partial charge in [-0.15, -0.1) is 0 Å². The Bertz CT molecular complexity index is 649. The van der Waals surface area contributed by atoms with Crippen LogP contribution in [0.5, 0.6) is 5.75 Å². The van der Waals surface area contributed by atoms with E-state index in [0.29, 0.717) is 6.61 Å². The molecule has 1 aromatic rings. The van der Waals surface area contributed by atoms with Crippen LogP contribution in [0.3, 0.4) is 0 Å². The van der Waals surface area contributed by atoms with E-state index >= 15 is 0 Å². The van der Waals surface area contributed by atoms with Crippen LogP contribution in [0.15, 0.2) is 21.5 Å². The minimum absolute atomic E-state index is 0.0487. The molecule has 1 heterocycles. The molecular weight excluding hydrogens is 298 g/mol. The third-order valence-electron chi connectivity index (χ3n) is 5.41. The minimum atomic E-state index is -0.352. The van der Waals surface area contributed by atoms with Crippen molar-refractivity contribution >= 4 is 5.91 Å². The van der Waals surface area contributed by atoms with Gasteiger partial charge in [-0.3, -0.25) is 9.59 Å². The Balaban J connectivity index is 1.76. The van der Waals surface area contributed by atoms with Gasteiger partial charge in [-0.1, -0.05) is 6.42 Å². The predicted molar refractivity (Wildman–Crippen MR) is 83.7 cm³/mol. The van der Waals surface area contributed by atoms with E-state index < -0.39 is 0 Å². The highest BCUT2D eigenvalue weighted by Crippen LogP contribution is 2.59. The van der Waals surface area contributed by atoms with Crippen LogP contribution in [0.4, 0.5) is 0 Å². The van der Waals surface area contributed by atoms with Gasteiger partial charge in [0.15, 0.2) is 5.76 Å². The Kier molecular flexibility index (Phi) is 4.19. The minimum Gasteiger partial charge on any atom is -0.490 e. The lowest BCUT2D eigenvalue weighted by atomic mass is 9.50. The number of rotatable bonds is 5. The lowest BCUT2D eigenvalue weighted by Crippen LogP contribution is -2.67.